The van der Waals surface area contributed by atoms with E-state index in [1.54, 1.807) is 12.1 Å². The summed E-state index contributed by atoms with van der Waals surface area (Å²) in [6.07, 6.45) is 0. The third kappa shape index (κ3) is 1.45. The van der Waals surface area contributed by atoms with Gasteiger partial charge >= 0.3 is 5.97 Å². The topological polar surface area (TPSA) is 116 Å². The van der Waals surface area contributed by atoms with E-state index in [1.165, 1.54) is 18.2 Å². The SMILES string of the molecule is N/N=C1\c2cc(O)ccc2-c2ccc(O)c(C(=O)O)c21. The zero-order valence-electron chi connectivity index (χ0n) is 10.2. The van der Waals surface area contributed by atoms with Gasteiger partial charge in [-0.05, 0) is 35.4 Å². The van der Waals surface area contributed by atoms with Gasteiger partial charge < -0.3 is 21.2 Å². The molecule has 0 saturated heterocycles. The minimum atomic E-state index is -1.27. The number of carbonyl (C=O) groups is 1. The van der Waals surface area contributed by atoms with Crippen molar-refractivity contribution in [1.82, 2.24) is 0 Å². The van der Waals surface area contributed by atoms with Crippen LogP contribution >= 0.6 is 0 Å². The molecule has 1 aliphatic carbocycles. The van der Waals surface area contributed by atoms with Gasteiger partial charge in [-0.15, -0.1) is 0 Å². The van der Waals surface area contributed by atoms with Gasteiger partial charge in [0, 0.05) is 11.1 Å². The summed E-state index contributed by atoms with van der Waals surface area (Å²) in [5.74, 6) is 3.77. The number of phenolic OH excluding ortho intramolecular Hbond substituents is 1. The number of carboxylic acids is 1. The van der Waals surface area contributed by atoms with Crippen LogP contribution in [-0.2, 0) is 0 Å². The number of aromatic hydroxyl groups is 2. The molecule has 2 aromatic rings. The van der Waals surface area contributed by atoms with Crippen LogP contribution in [0.5, 0.6) is 11.5 Å². The molecule has 3 rings (SSSR count). The van der Waals surface area contributed by atoms with Crippen LogP contribution in [0.3, 0.4) is 0 Å². The number of hydrazone groups is 1. The average molecular weight is 270 g/mol. The molecule has 5 N–H and O–H groups in total. The smallest absolute Gasteiger partial charge is 0.340 e. The molecule has 0 radical (unpaired) electrons. The zero-order valence-corrected chi connectivity index (χ0v) is 10.2. The Morgan fingerprint density at radius 2 is 1.75 bits per heavy atom. The van der Waals surface area contributed by atoms with Gasteiger partial charge in [-0.1, -0.05) is 6.07 Å². The number of hydrogen-bond acceptors (Lipinski definition) is 5. The lowest BCUT2D eigenvalue weighted by Crippen LogP contribution is -2.09. The number of phenols is 2. The van der Waals surface area contributed by atoms with E-state index in [-0.39, 0.29) is 28.3 Å². The number of fused-ring (bicyclic) bond motifs is 3. The number of carboxylic acid groups (broad SMARTS) is 1. The molecule has 0 fully saturated rings. The van der Waals surface area contributed by atoms with E-state index in [0.717, 1.165) is 0 Å². The second-order valence-electron chi connectivity index (χ2n) is 4.39. The fourth-order valence-electron chi connectivity index (χ4n) is 2.51. The molecule has 6 nitrogen and oxygen atoms in total. The third-order valence-electron chi connectivity index (χ3n) is 3.31. The van der Waals surface area contributed by atoms with Crippen molar-refractivity contribution in [1.29, 1.82) is 0 Å². The summed E-state index contributed by atoms with van der Waals surface area (Å²) in [5, 5.41) is 32.2. The van der Waals surface area contributed by atoms with E-state index in [4.69, 9.17) is 5.84 Å². The number of benzene rings is 2. The van der Waals surface area contributed by atoms with Crippen molar-refractivity contribution in [2.24, 2.45) is 10.9 Å². The maximum Gasteiger partial charge on any atom is 0.340 e. The fraction of sp³-hybridized carbons (Fsp3) is 0. The Hall–Kier alpha value is -3.02. The highest BCUT2D eigenvalue weighted by Crippen LogP contribution is 2.42. The fourth-order valence-corrected chi connectivity index (χ4v) is 2.51. The van der Waals surface area contributed by atoms with E-state index in [2.05, 4.69) is 5.10 Å². The molecule has 2 aromatic carbocycles. The zero-order chi connectivity index (χ0) is 14.4. The first kappa shape index (κ1) is 12.0. The Kier molecular flexibility index (Phi) is 2.40. The predicted octanol–water partition coefficient (Wildman–Crippen LogP) is 1.49. The van der Waals surface area contributed by atoms with Crippen LogP contribution in [0.15, 0.2) is 35.4 Å². The number of nitrogens with two attached hydrogens (primary N) is 1. The minimum absolute atomic E-state index is 0.0267. The highest BCUT2D eigenvalue weighted by atomic mass is 16.4. The lowest BCUT2D eigenvalue weighted by Gasteiger charge is -2.07. The van der Waals surface area contributed by atoms with Gasteiger partial charge in [0.1, 0.15) is 17.1 Å². The quantitative estimate of drug-likeness (QED) is 0.395. The van der Waals surface area contributed by atoms with Crippen LogP contribution in [-0.4, -0.2) is 27.0 Å². The maximum absolute atomic E-state index is 11.4. The summed E-state index contributed by atoms with van der Waals surface area (Å²) in [4.78, 5) is 11.4. The molecule has 0 aromatic heterocycles. The van der Waals surface area contributed by atoms with E-state index in [0.29, 0.717) is 16.7 Å². The van der Waals surface area contributed by atoms with Crippen LogP contribution in [0.25, 0.3) is 11.1 Å². The molecule has 6 heteroatoms. The second-order valence-corrected chi connectivity index (χ2v) is 4.39. The van der Waals surface area contributed by atoms with Gasteiger partial charge in [-0.25, -0.2) is 4.79 Å². The molecule has 1 aliphatic rings. The van der Waals surface area contributed by atoms with Crippen LogP contribution in [0, 0.1) is 0 Å². The Bertz CT molecular complexity index is 781. The largest absolute Gasteiger partial charge is 0.508 e. The van der Waals surface area contributed by atoms with Crippen molar-refractivity contribution in [3.05, 3.63) is 47.0 Å². The van der Waals surface area contributed by atoms with Gasteiger partial charge in [0.05, 0.1) is 5.71 Å². The van der Waals surface area contributed by atoms with Crippen LogP contribution in [0.1, 0.15) is 21.5 Å². The van der Waals surface area contributed by atoms with Crippen molar-refractivity contribution in [2.75, 3.05) is 0 Å². The Balaban J connectivity index is 2.43. The summed E-state index contributed by atoms with van der Waals surface area (Å²) in [6.45, 7) is 0. The lowest BCUT2D eigenvalue weighted by molar-refractivity contribution is 0.0693. The molecule has 0 unspecified atom stereocenters. The van der Waals surface area contributed by atoms with Crippen molar-refractivity contribution in [3.63, 3.8) is 0 Å². The standard InChI is InChI=1S/C14H10N2O4/c15-16-13-9-5-6(17)1-2-7(9)8-3-4-10(18)12(11(8)13)14(19)20/h1-5,17-18H,15H2,(H,19,20)/b16-13+. The molecule has 0 saturated carbocycles. The molecule has 0 amide bonds. The first-order valence-electron chi connectivity index (χ1n) is 5.76. The molecule has 100 valence electrons. The monoisotopic (exact) mass is 270 g/mol. The van der Waals surface area contributed by atoms with Crippen LogP contribution in [0.4, 0.5) is 0 Å². The van der Waals surface area contributed by atoms with Crippen molar-refractivity contribution in [2.45, 2.75) is 0 Å². The van der Waals surface area contributed by atoms with Gasteiger partial charge in [0.15, 0.2) is 0 Å². The van der Waals surface area contributed by atoms with E-state index in [1.807, 2.05) is 0 Å². The normalized spacial score (nSPS) is 14.1. The number of nitrogens with zero attached hydrogens (tertiary/aromatic N) is 1. The molecule has 0 aliphatic heterocycles. The van der Waals surface area contributed by atoms with Crippen molar-refractivity contribution >= 4 is 11.7 Å². The van der Waals surface area contributed by atoms with Gasteiger partial charge in [0.2, 0.25) is 0 Å². The summed E-state index contributed by atoms with van der Waals surface area (Å²) < 4.78 is 0. The van der Waals surface area contributed by atoms with Crippen molar-refractivity contribution < 1.29 is 20.1 Å². The van der Waals surface area contributed by atoms with E-state index in [9.17, 15) is 20.1 Å². The van der Waals surface area contributed by atoms with Crippen LogP contribution < -0.4 is 5.84 Å². The molecule has 0 atom stereocenters. The first-order chi connectivity index (χ1) is 9.54. The summed E-state index contributed by atoms with van der Waals surface area (Å²) in [5.41, 5.74) is 2.11. The van der Waals surface area contributed by atoms with Gasteiger partial charge in [-0.3, -0.25) is 0 Å². The third-order valence-corrected chi connectivity index (χ3v) is 3.31. The van der Waals surface area contributed by atoms with E-state index >= 15 is 0 Å². The lowest BCUT2D eigenvalue weighted by atomic mass is 9.99. The predicted molar refractivity (Wildman–Crippen MR) is 72.0 cm³/mol. The number of rotatable bonds is 1. The summed E-state index contributed by atoms with van der Waals surface area (Å²) in [7, 11) is 0. The Morgan fingerprint density at radius 3 is 2.40 bits per heavy atom. The van der Waals surface area contributed by atoms with Gasteiger partial charge in [0.25, 0.3) is 0 Å². The van der Waals surface area contributed by atoms with Gasteiger partial charge in [-0.2, -0.15) is 5.10 Å². The number of hydrogen-bond donors (Lipinski definition) is 4. The van der Waals surface area contributed by atoms with E-state index < -0.39 is 5.97 Å². The molecule has 20 heavy (non-hydrogen) atoms. The first-order valence-corrected chi connectivity index (χ1v) is 5.76. The summed E-state index contributed by atoms with van der Waals surface area (Å²) >= 11 is 0. The van der Waals surface area contributed by atoms with Crippen molar-refractivity contribution in [3.8, 4) is 22.6 Å². The molecule has 0 bridgehead atoms. The Morgan fingerprint density at radius 1 is 1.05 bits per heavy atom. The van der Waals surface area contributed by atoms with Crippen LogP contribution in [0.2, 0.25) is 0 Å². The maximum atomic E-state index is 11.4. The molecular weight excluding hydrogens is 260 g/mol. The molecular formula is C14H10N2O4. The molecule has 0 spiro atoms. The highest BCUT2D eigenvalue weighted by molar-refractivity contribution is 6.28. The average Bonchev–Trinajstić information content (AvgIpc) is 2.70. The Labute approximate surface area is 113 Å². The summed E-state index contributed by atoms with van der Waals surface area (Å²) in [6, 6.07) is 7.53. The number of aromatic carboxylic acids is 1. The minimum Gasteiger partial charge on any atom is -0.508 e. The highest BCUT2D eigenvalue weighted by Gasteiger charge is 2.31. The second kappa shape index (κ2) is 3.99. The molecule has 0 heterocycles.